The maximum absolute atomic E-state index is 10.8. The molecule has 0 bridgehead atoms. The van der Waals surface area contributed by atoms with Gasteiger partial charge in [0.1, 0.15) is 10.0 Å². The van der Waals surface area contributed by atoms with Crippen molar-refractivity contribution in [1.82, 2.24) is 4.98 Å². The van der Waals surface area contributed by atoms with Crippen molar-refractivity contribution in [2.24, 2.45) is 0 Å². The van der Waals surface area contributed by atoms with Gasteiger partial charge in [0.25, 0.3) is 0 Å². The fourth-order valence-electron chi connectivity index (χ4n) is 1.15. The topological polar surface area (TPSA) is 76.2 Å². The number of carboxylic acid groups (broad SMARTS) is 1. The normalized spacial score (nSPS) is 10.6. The van der Waals surface area contributed by atoms with Crippen LogP contribution in [0.1, 0.15) is 9.67 Å². The fourth-order valence-corrected chi connectivity index (χ4v) is 2.34. The van der Waals surface area contributed by atoms with Gasteiger partial charge in [0.2, 0.25) is 0 Å². The summed E-state index contributed by atoms with van der Waals surface area (Å²) >= 11 is 6.76. The fraction of sp³-hybridized carbons (Fsp3) is 0. The third-order valence-corrected chi connectivity index (χ3v) is 3.14. The van der Waals surface area contributed by atoms with Crippen molar-refractivity contribution in [3.8, 4) is 0 Å². The summed E-state index contributed by atoms with van der Waals surface area (Å²) in [5.41, 5.74) is 5.89. The summed E-state index contributed by atoms with van der Waals surface area (Å²) in [6, 6.07) is 1.60. The average molecular weight is 229 g/mol. The van der Waals surface area contributed by atoms with Crippen LogP contribution < -0.4 is 5.73 Å². The number of carboxylic acids is 1. The van der Waals surface area contributed by atoms with E-state index in [1.807, 2.05) is 0 Å². The molecule has 0 atom stereocenters. The second kappa shape index (κ2) is 3.11. The molecule has 0 radical (unpaired) electrons. The van der Waals surface area contributed by atoms with Crippen molar-refractivity contribution in [3.63, 3.8) is 0 Å². The van der Waals surface area contributed by atoms with Gasteiger partial charge < -0.3 is 10.8 Å². The Labute approximate surface area is 87.9 Å². The van der Waals surface area contributed by atoms with Crippen molar-refractivity contribution in [2.75, 3.05) is 5.73 Å². The summed E-state index contributed by atoms with van der Waals surface area (Å²) in [5, 5.41) is 9.78. The Morgan fingerprint density at radius 1 is 1.64 bits per heavy atom. The SMILES string of the molecule is Nc1c(C(=O)O)sc2cc(Cl)ncc12. The number of nitrogen functional groups attached to an aromatic ring is 1. The molecule has 0 aliphatic carbocycles. The number of aromatic nitrogens is 1. The molecule has 3 N–H and O–H groups in total. The van der Waals surface area contributed by atoms with Gasteiger partial charge in [-0.3, -0.25) is 0 Å². The predicted octanol–water partition coefficient (Wildman–Crippen LogP) is 2.23. The molecule has 0 aliphatic heterocycles. The smallest absolute Gasteiger partial charge is 0.348 e. The predicted molar refractivity (Wildman–Crippen MR) is 56.0 cm³/mol. The summed E-state index contributed by atoms with van der Waals surface area (Å²) < 4.78 is 0.736. The van der Waals surface area contributed by atoms with Gasteiger partial charge in [-0.15, -0.1) is 11.3 Å². The van der Waals surface area contributed by atoms with E-state index in [4.69, 9.17) is 22.4 Å². The highest BCUT2D eigenvalue weighted by Gasteiger charge is 2.15. The number of hydrogen-bond donors (Lipinski definition) is 2. The van der Waals surface area contributed by atoms with E-state index in [1.165, 1.54) is 6.20 Å². The van der Waals surface area contributed by atoms with E-state index in [0.29, 0.717) is 10.5 Å². The first-order chi connectivity index (χ1) is 6.59. The largest absolute Gasteiger partial charge is 0.477 e. The first kappa shape index (κ1) is 9.23. The van der Waals surface area contributed by atoms with Gasteiger partial charge in [-0.1, -0.05) is 11.6 Å². The molecule has 0 unspecified atom stereocenters. The van der Waals surface area contributed by atoms with Gasteiger partial charge in [0, 0.05) is 16.3 Å². The molecule has 0 fully saturated rings. The quantitative estimate of drug-likeness (QED) is 0.734. The van der Waals surface area contributed by atoms with Crippen LogP contribution in [0.5, 0.6) is 0 Å². The van der Waals surface area contributed by atoms with Crippen LogP contribution in [0.25, 0.3) is 10.1 Å². The summed E-state index contributed by atoms with van der Waals surface area (Å²) in [6.07, 6.45) is 1.48. The first-order valence-electron chi connectivity index (χ1n) is 3.66. The van der Waals surface area contributed by atoms with Crippen LogP contribution in [0.4, 0.5) is 5.69 Å². The van der Waals surface area contributed by atoms with Gasteiger partial charge in [-0.05, 0) is 6.07 Å². The second-order valence-electron chi connectivity index (χ2n) is 2.65. The number of aromatic carboxylic acids is 1. The zero-order valence-corrected chi connectivity index (χ0v) is 8.39. The lowest BCUT2D eigenvalue weighted by molar-refractivity contribution is 0.0703. The third kappa shape index (κ3) is 1.30. The number of halogens is 1. The molecule has 0 aromatic carbocycles. The summed E-state index contributed by atoms with van der Waals surface area (Å²) in [5.74, 6) is -1.03. The van der Waals surface area contributed by atoms with Gasteiger partial charge >= 0.3 is 5.97 Å². The Hall–Kier alpha value is -1.33. The molecule has 0 aliphatic rings. The van der Waals surface area contributed by atoms with Crippen molar-refractivity contribution in [2.45, 2.75) is 0 Å². The maximum atomic E-state index is 10.8. The first-order valence-corrected chi connectivity index (χ1v) is 4.86. The number of fused-ring (bicyclic) bond motifs is 1. The third-order valence-electron chi connectivity index (χ3n) is 1.77. The molecule has 6 heteroatoms. The highest BCUT2D eigenvalue weighted by molar-refractivity contribution is 7.21. The van der Waals surface area contributed by atoms with E-state index in [0.717, 1.165) is 16.0 Å². The minimum absolute atomic E-state index is 0.129. The number of nitrogens with two attached hydrogens (primary N) is 1. The van der Waals surface area contributed by atoms with Crippen molar-refractivity contribution < 1.29 is 9.90 Å². The van der Waals surface area contributed by atoms with Crippen LogP contribution in [0.2, 0.25) is 5.15 Å². The Bertz CT molecular complexity index is 523. The lowest BCUT2D eigenvalue weighted by Crippen LogP contribution is -1.97. The van der Waals surface area contributed by atoms with Crippen molar-refractivity contribution in [3.05, 3.63) is 22.3 Å². The van der Waals surface area contributed by atoms with Crippen LogP contribution >= 0.6 is 22.9 Å². The molecule has 72 valence electrons. The van der Waals surface area contributed by atoms with E-state index in [2.05, 4.69) is 4.98 Å². The van der Waals surface area contributed by atoms with Crippen LogP contribution in [0, 0.1) is 0 Å². The number of hydrogen-bond acceptors (Lipinski definition) is 4. The molecule has 2 rings (SSSR count). The van der Waals surface area contributed by atoms with E-state index in [-0.39, 0.29) is 10.6 Å². The number of pyridine rings is 1. The van der Waals surface area contributed by atoms with E-state index in [1.54, 1.807) is 6.07 Å². The van der Waals surface area contributed by atoms with E-state index >= 15 is 0 Å². The summed E-state index contributed by atoms with van der Waals surface area (Å²) in [4.78, 5) is 14.7. The van der Waals surface area contributed by atoms with E-state index < -0.39 is 5.97 Å². The Kier molecular flexibility index (Phi) is 2.05. The van der Waals surface area contributed by atoms with Crippen LogP contribution in [-0.4, -0.2) is 16.1 Å². The number of thiophene rings is 1. The zero-order valence-electron chi connectivity index (χ0n) is 6.82. The lowest BCUT2D eigenvalue weighted by atomic mass is 10.3. The Balaban J connectivity index is 2.79. The van der Waals surface area contributed by atoms with Gasteiger partial charge in [-0.25, -0.2) is 9.78 Å². The van der Waals surface area contributed by atoms with Crippen LogP contribution in [0.15, 0.2) is 12.3 Å². The molecule has 2 heterocycles. The highest BCUT2D eigenvalue weighted by Crippen LogP contribution is 2.33. The number of carbonyl (C=O) groups is 1. The van der Waals surface area contributed by atoms with Crippen LogP contribution in [0.3, 0.4) is 0 Å². The molecular weight excluding hydrogens is 224 g/mol. The molecule has 0 amide bonds. The standard InChI is InChI=1S/C8H5ClN2O2S/c9-5-1-4-3(2-11-5)6(10)7(14-4)8(12)13/h1-2H,10H2,(H,12,13). The van der Waals surface area contributed by atoms with Crippen LogP contribution in [-0.2, 0) is 0 Å². The van der Waals surface area contributed by atoms with E-state index in [9.17, 15) is 4.79 Å². The molecule has 0 saturated carbocycles. The molecule has 4 nitrogen and oxygen atoms in total. The maximum Gasteiger partial charge on any atom is 0.348 e. The molecule has 2 aromatic rings. The summed E-state index contributed by atoms with van der Waals surface area (Å²) in [6.45, 7) is 0. The molecular formula is C8H5ClN2O2S. The molecule has 14 heavy (non-hydrogen) atoms. The number of anilines is 1. The highest BCUT2D eigenvalue weighted by atomic mass is 35.5. The minimum Gasteiger partial charge on any atom is -0.477 e. The molecule has 0 saturated heterocycles. The average Bonchev–Trinajstić information content (AvgIpc) is 2.43. The number of nitrogens with zero attached hydrogens (tertiary/aromatic N) is 1. The Morgan fingerprint density at radius 2 is 2.36 bits per heavy atom. The van der Waals surface area contributed by atoms with Gasteiger partial charge in [-0.2, -0.15) is 0 Å². The van der Waals surface area contributed by atoms with Crippen molar-refractivity contribution >= 4 is 44.7 Å². The summed E-state index contributed by atoms with van der Waals surface area (Å²) in [7, 11) is 0. The van der Waals surface area contributed by atoms with Crippen molar-refractivity contribution in [1.29, 1.82) is 0 Å². The lowest BCUT2D eigenvalue weighted by Gasteiger charge is -1.91. The molecule has 0 spiro atoms. The Morgan fingerprint density at radius 3 is 3.00 bits per heavy atom. The second-order valence-corrected chi connectivity index (χ2v) is 4.09. The minimum atomic E-state index is -1.03. The number of rotatable bonds is 1. The zero-order chi connectivity index (χ0) is 10.3. The van der Waals surface area contributed by atoms with Gasteiger partial charge in [0.05, 0.1) is 5.69 Å². The van der Waals surface area contributed by atoms with Gasteiger partial charge in [0.15, 0.2) is 0 Å². The monoisotopic (exact) mass is 228 g/mol. The molecule has 2 aromatic heterocycles.